The van der Waals surface area contributed by atoms with Crippen LogP contribution in [0.25, 0.3) is 0 Å². The second-order valence-corrected chi connectivity index (χ2v) is 7.54. The number of benzene rings is 1. The molecule has 1 aliphatic rings. The van der Waals surface area contributed by atoms with Gasteiger partial charge in [-0.2, -0.15) is 5.26 Å². The molecule has 4 nitrogen and oxygen atoms in total. The molecule has 0 radical (unpaired) electrons. The van der Waals surface area contributed by atoms with Crippen LogP contribution < -0.4 is 5.32 Å². The lowest BCUT2D eigenvalue weighted by atomic mass is 9.76. The SMILES string of the molecule is CS(=O)c1ccc(CC[C@@H]2CCCC[C@H]2C(=O)NCC#N)cc1. The van der Waals surface area contributed by atoms with Gasteiger partial charge in [0.15, 0.2) is 0 Å². The maximum absolute atomic E-state index is 12.2. The fourth-order valence-corrected chi connectivity index (χ4v) is 3.88. The van der Waals surface area contributed by atoms with Crippen LogP contribution in [0.4, 0.5) is 0 Å². The Bertz CT molecular complexity index is 592. The Morgan fingerprint density at radius 3 is 2.65 bits per heavy atom. The van der Waals surface area contributed by atoms with Gasteiger partial charge in [-0.1, -0.05) is 25.0 Å². The summed E-state index contributed by atoms with van der Waals surface area (Å²) < 4.78 is 11.4. The normalized spacial score (nSPS) is 22.1. The maximum atomic E-state index is 12.2. The van der Waals surface area contributed by atoms with Crippen LogP contribution in [0.5, 0.6) is 0 Å². The van der Waals surface area contributed by atoms with Crippen LogP contribution in [-0.2, 0) is 22.0 Å². The first-order valence-electron chi connectivity index (χ1n) is 8.19. The van der Waals surface area contributed by atoms with E-state index in [0.717, 1.165) is 37.0 Å². The molecule has 1 aromatic carbocycles. The number of nitrogens with one attached hydrogen (secondary N) is 1. The van der Waals surface area contributed by atoms with Crippen molar-refractivity contribution in [1.29, 1.82) is 5.26 Å². The molecule has 0 aliphatic heterocycles. The van der Waals surface area contributed by atoms with Gasteiger partial charge in [-0.05, 0) is 49.3 Å². The summed E-state index contributed by atoms with van der Waals surface area (Å²) in [6.45, 7) is 0.0949. The third-order valence-corrected chi connectivity index (χ3v) is 5.58. The predicted octanol–water partition coefficient (Wildman–Crippen LogP) is 2.80. The van der Waals surface area contributed by atoms with E-state index in [1.165, 1.54) is 12.0 Å². The summed E-state index contributed by atoms with van der Waals surface area (Å²) in [5.74, 6) is 0.468. The number of amides is 1. The van der Waals surface area contributed by atoms with Gasteiger partial charge in [-0.3, -0.25) is 9.00 Å². The van der Waals surface area contributed by atoms with Gasteiger partial charge in [0.05, 0.1) is 6.07 Å². The number of carbonyl (C=O) groups is 1. The van der Waals surface area contributed by atoms with E-state index in [2.05, 4.69) is 5.32 Å². The summed E-state index contributed by atoms with van der Waals surface area (Å²) in [4.78, 5) is 13.0. The van der Waals surface area contributed by atoms with Crippen molar-refractivity contribution in [3.8, 4) is 6.07 Å². The lowest BCUT2D eigenvalue weighted by Crippen LogP contribution is -2.37. The Hall–Kier alpha value is -1.67. The van der Waals surface area contributed by atoms with Gasteiger partial charge < -0.3 is 5.32 Å². The average Bonchev–Trinajstić information content (AvgIpc) is 2.58. The number of nitriles is 1. The lowest BCUT2D eigenvalue weighted by molar-refractivity contribution is -0.127. The highest BCUT2D eigenvalue weighted by Crippen LogP contribution is 2.33. The van der Waals surface area contributed by atoms with Gasteiger partial charge in [0.25, 0.3) is 0 Å². The standard InChI is InChI=1S/C18H24N2O2S/c1-23(22)16-10-7-14(8-11-16)6-9-15-4-2-3-5-17(15)18(21)20-13-12-19/h7-8,10-11,15,17H,2-6,9,13H2,1H3,(H,20,21)/t15-,17+,23?/m0/s1. The molecular formula is C18H24N2O2S. The molecule has 0 bridgehead atoms. The Balaban J connectivity index is 1.92. The van der Waals surface area contributed by atoms with E-state index in [0.29, 0.717) is 5.92 Å². The fraction of sp³-hybridized carbons (Fsp3) is 0.556. The highest BCUT2D eigenvalue weighted by atomic mass is 32.2. The zero-order valence-electron chi connectivity index (χ0n) is 13.6. The number of rotatable bonds is 6. The lowest BCUT2D eigenvalue weighted by Gasteiger charge is -2.30. The molecule has 1 aromatic rings. The number of hydrogen-bond donors (Lipinski definition) is 1. The fourth-order valence-electron chi connectivity index (χ4n) is 3.36. The molecule has 1 amide bonds. The largest absolute Gasteiger partial charge is 0.343 e. The Morgan fingerprint density at radius 2 is 2.00 bits per heavy atom. The molecular weight excluding hydrogens is 308 g/mol. The first kappa shape index (κ1) is 17.7. The summed E-state index contributed by atoms with van der Waals surface area (Å²) in [5, 5.41) is 11.3. The van der Waals surface area contributed by atoms with Crippen LogP contribution in [0.1, 0.15) is 37.7 Å². The molecule has 1 N–H and O–H groups in total. The summed E-state index contributed by atoms with van der Waals surface area (Å²) >= 11 is 0. The Kier molecular flexibility index (Phi) is 6.79. The van der Waals surface area contributed by atoms with Crippen molar-refractivity contribution in [3.63, 3.8) is 0 Å². The van der Waals surface area contributed by atoms with E-state index in [1.807, 2.05) is 30.3 Å². The molecule has 0 saturated heterocycles. The van der Waals surface area contributed by atoms with Crippen LogP contribution in [0.3, 0.4) is 0 Å². The molecule has 1 fully saturated rings. The third-order valence-electron chi connectivity index (χ3n) is 4.65. The molecule has 2 rings (SSSR count). The molecule has 23 heavy (non-hydrogen) atoms. The first-order chi connectivity index (χ1) is 11.1. The van der Waals surface area contributed by atoms with Crippen LogP contribution in [-0.4, -0.2) is 22.9 Å². The molecule has 1 saturated carbocycles. The molecule has 1 aliphatic carbocycles. The quantitative estimate of drug-likeness (QED) is 0.814. The molecule has 5 heteroatoms. The number of hydrogen-bond acceptors (Lipinski definition) is 3. The molecule has 1 unspecified atom stereocenters. The van der Waals surface area contributed by atoms with Crippen molar-refractivity contribution >= 4 is 16.7 Å². The summed E-state index contributed by atoms with van der Waals surface area (Å²) in [6.07, 6.45) is 7.89. The monoisotopic (exact) mass is 332 g/mol. The first-order valence-corrected chi connectivity index (χ1v) is 9.74. The van der Waals surface area contributed by atoms with Crippen molar-refractivity contribution in [3.05, 3.63) is 29.8 Å². The average molecular weight is 332 g/mol. The number of carbonyl (C=O) groups excluding carboxylic acids is 1. The molecule has 124 valence electrons. The van der Waals surface area contributed by atoms with Crippen molar-refractivity contribution in [2.45, 2.75) is 43.4 Å². The highest BCUT2D eigenvalue weighted by Gasteiger charge is 2.30. The van der Waals surface area contributed by atoms with Crippen LogP contribution in [0.2, 0.25) is 0 Å². The van der Waals surface area contributed by atoms with E-state index in [4.69, 9.17) is 5.26 Å². The topological polar surface area (TPSA) is 70.0 Å². The van der Waals surface area contributed by atoms with E-state index < -0.39 is 10.8 Å². The van der Waals surface area contributed by atoms with Crippen molar-refractivity contribution in [2.24, 2.45) is 11.8 Å². The summed E-state index contributed by atoms with van der Waals surface area (Å²) in [6, 6.07) is 9.87. The molecule has 0 aromatic heterocycles. The van der Waals surface area contributed by atoms with E-state index in [9.17, 15) is 9.00 Å². The van der Waals surface area contributed by atoms with Gasteiger partial charge >= 0.3 is 0 Å². The zero-order chi connectivity index (χ0) is 16.7. The minimum absolute atomic E-state index is 0.0352. The number of nitrogens with zero attached hydrogens (tertiary/aromatic N) is 1. The van der Waals surface area contributed by atoms with E-state index in [1.54, 1.807) is 6.26 Å². The maximum Gasteiger partial charge on any atom is 0.224 e. The van der Waals surface area contributed by atoms with Crippen molar-refractivity contribution in [2.75, 3.05) is 12.8 Å². The van der Waals surface area contributed by atoms with Crippen molar-refractivity contribution < 1.29 is 9.00 Å². The smallest absolute Gasteiger partial charge is 0.224 e. The second kappa shape index (κ2) is 8.83. The summed E-state index contributed by atoms with van der Waals surface area (Å²) in [5.41, 5.74) is 1.22. The zero-order valence-corrected chi connectivity index (χ0v) is 14.4. The molecule has 0 heterocycles. The Labute approximate surface area is 140 Å². The molecule has 0 spiro atoms. The summed E-state index contributed by atoms with van der Waals surface area (Å²) in [7, 11) is -0.940. The third kappa shape index (κ3) is 5.18. The van der Waals surface area contributed by atoms with Crippen LogP contribution in [0, 0.1) is 23.2 Å². The minimum Gasteiger partial charge on any atom is -0.343 e. The van der Waals surface area contributed by atoms with Gasteiger partial charge in [-0.15, -0.1) is 0 Å². The van der Waals surface area contributed by atoms with E-state index >= 15 is 0 Å². The van der Waals surface area contributed by atoms with Gasteiger partial charge in [0.2, 0.25) is 5.91 Å². The second-order valence-electron chi connectivity index (χ2n) is 6.16. The minimum atomic E-state index is -0.940. The van der Waals surface area contributed by atoms with Crippen LogP contribution >= 0.6 is 0 Å². The van der Waals surface area contributed by atoms with Gasteiger partial charge in [0, 0.05) is 27.9 Å². The Morgan fingerprint density at radius 1 is 1.30 bits per heavy atom. The van der Waals surface area contributed by atoms with Gasteiger partial charge in [0.1, 0.15) is 6.54 Å². The van der Waals surface area contributed by atoms with E-state index in [-0.39, 0.29) is 18.4 Å². The molecule has 3 atom stereocenters. The highest BCUT2D eigenvalue weighted by molar-refractivity contribution is 7.84. The predicted molar refractivity (Wildman–Crippen MR) is 91.2 cm³/mol. The number of aryl methyl sites for hydroxylation is 1. The van der Waals surface area contributed by atoms with Gasteiger partial charge in [-0.25, -0.2) is 0 Å². The van der Waals surface area contributed by atoms with Crippen molar-refractivity contribution in [1.82, 2.24) is 5.32 Å². The van der Waals surface area contributed by atoms with Crippen LogP contribution in [0.15, 0.2) is 29.2 Å².